The van der Waals surface area contributed by atoms with Crippen LogP contribution < -0.4 is 5.32 Å². The molecule has 0 aliphatic carbocycles. The van der Waals surface area contributed by atoms with E-state index in [1.807, 2.05) is 24.3 Å². The summed E-state index contributed by atoms with van der Waals surface area (Å²) < 4.78 is 11.2. The normalized spacial score (nSPS) is 21.0. The van der Waals surface area contributed by atoms with E-state index >= 15 is 0 Å². The molecule has 1 aliphatic rings. The highest BCUT2D eigenvalue weighted by molar-refractivity contribution is 5.98. The van der Waals surface area contributed by atoms with Crippen molar-refractivity contribution in [3.8, 4) is 0 Å². The average Bonchev–Trinajstić information content (AvgIpc) is 2.69. The predicted octanol–water partition coefficient (Wildman–Crippen LogP) is 2.08. The molecule has 1 aliphatic heterocycles. The van der Waals surface area contributed by atoms with Crippen LogP contribution in [0.5, 0.6) is 0 Å². The summed E-state index contributed by atoms with van der Waals surface area (Å²) in [5.74, 6) is -0.639. The average molecular weight is 376 g/mol. The molecule has 0 spiro atoms. The van der Waals surface area contributed by atoms with Gasteiger partial charge in [-0.25, -0.2) is 5.06 Å². The Balaban J connectivity index is 2.20. The van der Waals surface area contributed by atoms with Gasteiger partial charge < -0.3 is 14.8 Å². The Morgan fingerprint density at radius 2 is 1.93 bits per heavy atom. The molecule has 0 bridgehead atoms. The van der Waals surface area contributed by atoms with E-state index in [1.54, 1.807) is 12.1 Å². The van der Waals surface area contributed by atoms with E-state index in [0.717, 1.165) is 23.5 Å². The van der Waals surface area contributed by atoms with Crippen molar-refractivity contribution in [3.05, 3.63) is 47.5 Å². The smallest absolute Gasteiger partial charge is 0.268 e. The topological polar surface area (TPSA) is 77.1 Å². The van der Waals surface area contributed by atoms with Gasteiger partial charge in [-0.15, -0.1) is 0 Å². The van der Waals surface area contributed by atoms with Gasteiger partial charge in [0.2, 0.25) is 0 Å². The van der Waals surface area contributed by atoms with E-state index in [2.05, 4.69) is 5.32 Å². The summed E-state index contributed by atoms with van der Waals surface area (Å²) >= 11 is 0. The Labute approximate surface area is 160 Å². The van der Waals surface area contributed by atoms with Crippen LogP contribution in [0.2, 0.25) is 0 Å². The van der Waals surface area contributed by atoms with E-state index in [1.165, 1.54) is 14.2 Å². The number of hydrogen-bond acceptors (Lipinski definition) is 5. The zero-order valence-electron chi connectivity index (χ0n) is 16.0. The third kappa shape index (κ3) is 6.78. The summed E-state index contributed by atoms with van der Waals surface area (Å²) in [7, 11) is 2.92. The van der Waals surface area contributed by atoms with Crippen LogP contribution in [0.3, 0.4) is 0 Å². The molecule has 1 aromatic carbocycles. The lowest BCUT2D eigenvalue weighted by Crippen LogP contribution is -2.47. The number of rotatable bonds is 2. The van der Waals surface area contributed by atoms with Crippen LogP contribution in [0, 0.1) is 0 Å². The lowest BCUT2D eigenvalue weighted by Gasteiger charge is -2.22. The Hall–Kier alpha value is -2.22. The van der Waals surface area contributed by atoms with Crippen LogP contribution in [0.25, 0.3) is 0 Å². The Bertz CT molecular complexity index is 647. The van der Waals surface area contributed by atoms with Crippen molar-refractivity contribution in [2.24, 2.45) is 0 Å². The Morgan fingerprint density at radius 3 is 2.70 bits per heavy atom. The van der Waals surface area contributed by atoms with Gasteiger partial charge in [-0.05, 0) is 30.9 Å². The van der Waals surface area contributed by atoms with Gasteiger partial charge >= 0.3 is 0 Å². The third-order valence-electron chi connectivity index (χ3n) is 4.29. The number of carbonyl (C=O) groups is 2. The molecular weight excluding hydrogens is 348 g/mol. The number of amides is 2. The number of carbonyl (C=O) groups excluding carboxylic acids is 2. The number of ether oxygens (including phenoxy) is 2. The lowest BCUT2D eigenvalue weighted by atomic mass is 10.1. The van der Waals surface area contributed by atoms with Crippen LogP contribution in [0.1, 0.15) is 35.2 Å². The van der Waals surface area contributed by atoms with Crippen LogP contribution in [0.4, 0.5) is 0 Å². The second-order valence-corrected chi connectivity index (χ2v) is 6.24. The maximum absolute atomic E-state index is 12.8. The molecule has 0 radical (unpaired) electrons. The molecule has 0 aromatic heterocycles. The minimum atomic E-state index is -0.736. The molecular formula is C20H28N2O5. The monoisotopic (exact) mass is 376 g/mol. The lowest BCUT2D eigenvalue weighted by molar-refractivity contribution is -0.170. The van der Waals surface area contributed by atoms with Crippen molar-refractivity contribution in [3.63, 3.8) is 0 Å². The second kappa shape index (κ2) is 11.5. The van der Waals surface area contributed by atoms with E-state index < -0.39 is 6.04 Å². The van der Waals surface area contributed by atoms with Crippen molar-refractivity contribution in [2.45, 2.75) is 31.9 Å². The minimum absolute atomic E-state index is 0.311. The van der Waals surface area contributed by atoms with Gasteiger partial charge in [0.1, 0.15) is 6.04 Å². The van der Waals surface area contributed by atoms with Gasteiger partial charge in [0.05, 0.1) is 20.3 Å². The molecule has 1 heterocycles. The predicted molar refractivity (Wildman–Crippen MR) is 101 cm³/mol. The summed E-state index contributed by atoms with van der Waals surface area (Å²) in [6.45, 7) is 2.09. The van der Waals surface area contributed by atoms with E-state index in [4.69, 9.17) is 14.3 Å². The zero-order valence-corrected chi connectivity index (χ0v) is 16.0. The number of fused-ring (bicyclic) bond motifs is 1. The van der Waals surface area contributed by atoms with Gasteiger partial charge in [0.25, 0.3) is 11.8 Å². The first kappa shape index (κ1) is 21.1. The number of nitrogens with one attached hydrogen (secondary N) is 1. The molecule has 7 heteroatoms. The highest BCUT2D eigenvalue weighted by Gasteiger charge is 2.24. The highest BCUT2D eigenvalue weighted by Crippen LogP contribution is 2.12. The molecule has 0 saturated carbocycles. The number of likely N-dealkylation sites (N-methyl/N-ethyl adjacent to an activating group) is 1. The molecule has 0 unspecified atom stereocenters. The van der Waals surface area contributed by atoms with Gasteiger partial charge in [-0.3, -0.25) is 14.4 Å². The van der Waals surface area contributed by atoms with Crippen LogP contribution in [-0.2, 0) is 25.7 Å². The molecule has 1 aromatic rings. The van der Waals surface area contributed by atoms with E-state index in [-0.39, 0.29) is 11.8 Å². The third-order valence-corrected chi connectivity index (χ3v) is 4.29. The van der Waals surface area contributed by atoms with Crippen molar-refractivity contribution in [1.82, 2.24) is 10.4 Å². The Morgan fingerprint density at radius 1 is 1.19 bits per heavy atom. The first-order chi connectivity index (χ1) is 13.1. The standard InChI is InChI=1S/C20H28N2O5/c1-22(25-2)20(24)18-11-5-6-12-26-13-7-8-14-27-15-16-9-3-4-10-17(16)19(23)21-18/h3-6,9-10,18H,7-8,11-15H2,1-2H3,(H,21,23)/b6-5-/t18-/m0/s1. The number of nitrogens with zero attached hydrogens (tertiary/aromatic N) is 1. The van der Waals surface area contributed by atoms with Crippen molar-refractivity contribution in [2.75, 3.05) is 34.0 Å². The number of benzene rings is 1. The Kier molecular flexibility index (Phi) is 8.97. The molecule has 1 atom stereocenters. The van der Waals surface area contributed by atoms with Gasteiger partial charge in [0.15, 0.2) is 0 Å². The molecule has 148 valence electrons. The van der Waals surface area contributed by atoms with Gasteiger partial charge in [0, 0.05) is 25.8 Å². The van der Waals surface area contributed by atoms with Crippen LogP contribution in [0.15, 0.2) is 36.4 Å². The van der Waals surface area contributed by atoms with Crippen LogP contribution >= 0.6 is 0 Å². The molecule has 2 rings (SSSR count). The highest BCUT2D eigenvalue weighted by atomic mass is 16.7. The molecule has 0 saturated heterocycles. The van der Waals surface area contributed by atoms with Gasteiger partial charge in [-0.2, -0.15) is 0 Å². The zero-order chi connectivity index (χ0) is 19.5. The summed E-state index contributed by atoms with van der Waals surface area (Å²) in [5.41, 5.74) is 1.30. The first-order valence-corrected chi connectivity index (χ1v) is 9.14. The molecule has 1 N–H and O–H groups in total. The SMILES string of the molecule is CON(C)C(=O)[C@@H]1C/C=C\COCCCCOCc2ccccc2C(=O)N1. The van der Waals surface area contributed by atoms with Crippen molar-refractivity contribution in [1.29, 1.82) is 0 Å². The van der Waals surface area contributed by atoms with Crippen molar-refractivity contribution < 1.29 is 23.9 Å². The van der Waals surface area contributed by atoms with E-state index in [9.17, 15) is 9.59 Å². The van der Waals surface area contributed by atoms with Crippen molar-refractivity contribution >= 4 is 11.8 Å². The van der Waals surface area contributed by atoms with E-state index in [0.29, 0.717) is 38.4 Å². The number of hydrogen-bond donors (Lipinski definition) is 1. The maximum atomic E-state index is 12.8. The summed E-state index contributed by atoms with van der Waals surface area (Å²) in [4.78, 5) is 30.3. The molecule has 7 nitrogen and oxygen atoms in total. The van der Waals surface area contributed by atoms with Gasteiger partial charge in [-0.1, -0.05) is 30.4 Å². The summed E-state index contributed by atoms with van der Waals surface area (Å²) in [6, 6.07) is 6.53. The summed E-state index contributed by atoms with van der Waals surface area (Å²) in [5, 5.41) is 3.93. The second-order valence-electron chi connectivity index (χ2n) is 6.24. The minimum Gasteiger partial charge on any atom is -0.377 e. The molecule has 2 amide bonds. The molecule has 0 fully saturated rings. The fourth-order valence-corrected chi connectivity index (χ4v) is 2.68. The first-order valence-electron chi connectivity index (χ1n) is 9.14. The molecule has 27 heavy (non-hydrogen) atoms. The largest absolute Gasteiger partial charge is 0.377 e. The quantitative estimate of drug-likeness (QED) is 0.632. The fourth-order valence-electron chi connectivity index (χ4n) is 2.68. The number of hydroxylamine groups is 2. The fraction of sp³-hybridized carbons (Fsp3) is 0.500. The van der Waals surface area contributed by atoms with Crippen LogP contribution in [-0.4, -0.2) is 56.9 Å². The maximum Gasteiger partial charge on any atom is 0.268 e. The summed E-state index contributed by atoms with van der Waals surface area (Å²) in [6.07, 6.45) is 5.86.